The number of aromatic amines is 1. The van der Waals surface area contributed by atoms with Crippen molar-refractivity contribution in [1.82, 2.24) is 9.88 Å². The molecule has 0 radical (unpaired) electrons. The molecule has 0 aliphatic carbocycles. The van der Waals surface area contributed by atoms with E-state index < -0.39 is 6.10 Å². The van der Waals surface area contributed by atoms with Crippen molar-refractivity contribution < 1.29 is 9.84 Å². The second-order valence-corrected chi connectivity index (χ2v) is 5.17. The summed E-state index contributed by atoms with van der Waals surface area (Å²) in [5.74, 6) is 0.833. The Hall–Kier alpha value is -1.52. The molecule has 0 bridgehead atoms. The number of aromatic nitrogens is 1. The molecule has 102 valence electrons. The molecule has 1 aliphatic heterocycles. The van der Waals surface area contributed by atoms with Gasteiger partial charge in [0.05, 0.1) is 0 Å². The van der Waals surface area contributed by atoms with Gasteiger partial charge in [0.1, 0.15) is 18.5 Å². The molecule has 4 heteroatoms. The van der Waals surface area contributed by atoms with Crippen molar-refractivity contribution in [3.63, 3.8) is 0 Å². The Bertz CT molecular complexity index is 532. The van der Waals surface area contributed by atoms with Gasteiger partial charge in [-0.05, 0) is 44.1 Å². The summed E-state index contributed by atoms with van der Waals surface area (Å²) in [4.78, 5) is 5.45. The third-order valence-corrected chi connectivity index (χ3v) is 3.65. The minimum atomic E-state index is -0.424. The van der Waals surface area contributed by atoms with Gasteiger partial charge in [-0.15, -0.1) is 0 Å². The van der Waals surface area contributed by atoms with Gasteiger partial charge < -0.3 is 19.7 Å². The number of hydrogen-bond donors (Lipinski definition) is 2. The normalized spacial score (nSPS) is 17.9. The van der Waals surface area contributed by atoms with Crippen LogP contribution in [0.1, 0.15) is 12.8 Å². The Labute approximate surface area is 113 Å². The predicted molar refractivity (Wildman–Crippen MR) is 75.5 cm³/mol. The molecule has 2 N–H and O–H groups in total. The molecule has 4 nitrogen and oxygen atoms in total. The summed E-state index contributed by atoms with van der Waals surface area (Å²) in [6, 6.07) is 7.92. The average molecular weight is 260 g/mol. The number of nitrogens with zero attached hydrogens (tertiary/aromatic N) is 1. The number of hydrogen-bond acceptors (Lipinski definition) is 3. The van der Waals surface area contributed by atoms with Gasteiger partial charge in [-0.1, -0.05) is 6.07 Å². The number of ether oxygens (including phenoxy) is 1. The van der Waals surface area contributed by atoms with E-state index in [1.54, 1.807) is 0 Å². The molecule has 3 rings (SSSR count). The molecular formula is C15H20N2O2. The van der Waals surface area contributed by atoms with Crippen LogP contribution in [0.2, 0.25) is 0 Å². The number of nitrogens with one attached hydrogen (secondary N) is 1. The Balaban J connectivity index is 1.57. The Kier molecular flexibility index (Phi) is 3.71. The van der Waals surface area contributed by atoms with E-state index in [1.165, 1.54) is 12.8 Å². The molecule has 1 aliphatic rings. The summed E-state index contributed by atoms with van der Waals surface area (Å²) in [5.41, 5.74) is 1.06. The van der Waals surface area contributed by atoms with Crippen LogP contribution in [0.15, 0.2) is 30.5 Å². The standard InChI is InChI=1S/C15H20N2O2/c18-12(10-17-8-1-2-9-17)11-19-15-5-3-4-14-13(15)6-7-16-14/h3-7,12,16,18H,1-2,8-11H2. The Morgan fingerprint density at radius 2 is 2.11 bits per heavy atom. The van der Waals surface area contributed by atoms with Crippen molar-refractivity contribution in [1.29, 1.82) is 0 Å². The fourth-order valence-electron chi connectivity index (χ4n) is 2.68. The number of aliphatic hydroxyl groups excluding tert-OH is 1. The summed E-state index contributed by atoms with van der Waals surface area (Å²) in [6.07, 6.45) is 3.97. The molecule has 1 aromatic heterocycles. The summed E-state index contributed by atoms with van der Waals surface area (Å²) in [6.45, 7) is 3.26. The van der Waals surface area contributed by atoms with Crippen LogP contribution in [0.25, 0.3) is 10.9 Å². The summed E-state index contributed by atoms with van der Waals surface area (Å²) < 4.78 is 5.75. The highest BCUT2D eigenvalue weighted by atomic mass is 16.5. The predicted octanol–water partition coefficient (Wildman–Crippen LogP) is 2.00. The largest absolute Gasteiger partial charge is 0.490 e. The third-order valence-electron chi connectivity index (χ3n) is 3.65. The zero-order valence-corrected chi connectivity index (χ0v) is 11.0. The molecule has 2 aromatic rings. The van der Waals surface area contributed by atoms with Crippen LogP contribution in [0.5, 0.6) is 5.75 Å². The molecule has 0 spiro atoms. The van der Waals surface area contributed by atoms with Gasteiger partial charge in [-0.25, -0.2) is 0 Å². The van der Waals surface area contributed by atoms with E-state index in [1.807, 2.05) is 30.5 Å². The molecule has 1 atom stereocenters. The first-order valence-electron chi connectivity index (χ1n) is 6.92. The summed E-state index contributed by atoms with van der Waals surface area (Å²) >= 11 is 0. The summed E-state index contributed by atoms with van der Waals surface area (Å²) in [5, 5.41) is 11.1. The van der Waals surface area contributed by atoms with Crippen LogP contribution >= 0.6 is 0 Å². The number of fused-ring (bicyclic) bond motifs is 1. The van der Waals surface area contributed by atoms with Gasteiger partial charge >= 0.3 is 0 Å². The van der Waals surface area contributed by atoms with Gasteiger partial charge in [0.15, 0.2) is 0 Å². The van der Waals surface area contributed by atoms with E-state index in [2.05, 4.69) is 9.88 Å². The zero-order chi connectivity index (χ0) is 13.1. The van der Waals surface area contributed by atoms with E-state index in [4.69, 9.17) is 4.74 Å². The Morgan fingerprint density at radius 3 is 2.95 bits per heavy atom. The fraction of sp³-hybridized carbons (Fsp3) is 0.467. The molecule has 1 unspecified atom stereocenters. The average Bonchev–Trinajstić information content (AvgIpc) is 3.06. The Morgan fingerprint density at radius 1 is 1.26 bits per heavy atom. The molecule has 1 fully saturated rings. The van der Waals surface area contributed by atoms with Crippen LogP contribution in [0.3, 0.4) is 0 Å². The monoisotopic (exact) mass is 260 g/mol. The van der Waals surface area contributed by atoms with Crippen molar-refractivity contribution in [3.8, 4) is 5.75 Å². The lowest BCUT2D eigenvalue weighted by Gasteiger charge is -2.19. The number of likely N-dealkylation sites (tertiary alicyclic amines) is 1. The topological polar surface area (TPSA) is 48.5 Å². The SMILES string of the molecule is OC(COc1cccc2[nH]ccc12)CN1CCCC1. The lowest BCUT2D eigenvalue weighted by Crippen LogP contribution is -2.33. The first kappa shape index (κ1) is 12.5. The molecule has 1 saturated heterocycles. The van der Waals surface area contributed by atoms with Gasteiger partial charge in [-0.3, -0.25) is 0 Å². The third kappa shape index (κ3) is 2.91. The van der Waals surface area contributed by atoms with Crippen LogP contribution in [0, 0.1) is 0 Å². The van der Waals surface area contributed by atoms with Crippen LogP contribution < -0.4 is 4.74 Å². The quantitative estimate of drug-likeness (QED) is 0.864. The van der Waals surface area contributed by atoms with Crippen LogP contribution in [0.4, 0.5) is 0 Å². The molecule has 1 aromatic carbocycles. The van der Waals surface area contributed by atoms with Crippen molar-refractivity contribution in [3.05, 3.63) is 30.5 Å². The number of benzene rings is 1. The second-order valence-electron chi connectivity index (χ2n) is 5.17. The van der Waals surface area contributed by atoms with Gasteiger partial charge in [0.2, 0.25) is 0 Å². The molecule has 19 heavy (non-hydrogen) atoms. The lowest BCUT2D eigenvalue weighted by atomic mass is 10.2. The van der Waals surface area contributed by atoms with E-state index in [-0.39, 0.29) is 0 Å². The molecule has 0 amide bonds. The number of rotatable bonds is 5. The van der Waals surface area contributed by atoms with Crippen LogP contribution in [-0.4, -0.2) is 47.3 Å². The van der Waals surface area contributed by atoms with E-state index in [9.17, 15) is 5.11 Å². The first-order chi connectivity index (χ1) is 9.33. The van der Waals surface area contributed by atoms with E-state index in [0.717, 1.165) is 29.7 Å². The maximum atomic E-state index is 10.0. The lowest BCUT2D eigenvalue weighted by molar-refractivity contribution is 0.0764. The summed E-state index contributed by atoms with van der Waals surface area (Å²) in [7, 11) is 0. The second kappa shape index (κ2) is 5.63. The fourth-order valence-corrected chi connectivity index (χ4v) is 2.68. The zero-order valence-electron chi connectivity index (χ0n) is 11.0. The smallest absolute Gasteiger partial charge is 0.128 e. The first-order valence-corrected chi connectivity index (χ1v) is 6.92. The van der Waals surface area contributed by atoms with Crippen molar-refractivity contribution >= 4 is 10.9 Å². The highest BCUT2D eigenvalue weighted by molar-refractivity contribution is 5.85. The van der Waals surface area contributed by atoms with Crippen LogP contribution in [-0.2, 0) is 0 Å². The highest BCUT2D eigenvalue weighted by Crippen LogP contribution is 2.24. The number of H-pyrrole nitrogens is 1. The van der Waals surface area contributed by atoms with E-state index >= 15 is 0 Å². The van der Waals surface area contributed by atoms with Crippen molar-refractivity contribution in [2.75, 3.05) is 26.2 Å². The van der Waals surface area contributed by atoms with E-state index in [0.29, 0.717) is 13.2 Å². The number of aliphatic hydroxyl groups is 1. The van der Waals surface area contributed by atoms with Crippen molar-refractivity contribution in [2.24, 2.45) is 0 Å². The molecule has 0 saturated carbocycles. The van der Waals surface area contributed by atoms with Gasteiger partial charge in [0, 0.05) is 23.6 Å². The molecule has 2 heterocycles. The molecular weight excluding hydrogens is 240 g/mol. The minimum Gasteiger partial charge on any atom is -0.490 e. The number of β-amino-alcohol motifs (C(OH)–C–C–N with tert-alkyl or cyclic N) is 1. The van der Waals surface area contributed by atoms with Gasteiger partial charge in [-0.2, -0.15) is 0 Å². The highest BCUT2D eigenvalue weighted by Gasteiger charge is 2.16. The maximum absolute atomic E-state index is 10.0. The minimum absolute atomic E-state index is 0.348. The van der Waals surface area contributed by atoms with Crippen molar-refractivity contribution in [2.45, 2.75) is 18.9 Å². The van der Waals surface area contributed by atoms with Gasteiger partial charge in [0.25, 0.3) is 0 Å². The maximum Gasteiger partial charge on any atom is 0.128 e.